The van der Waals surface area contributed by atoms with Gasteiger partial charge in [-0.25, -0.2) is 32.3 Å². The predicted octanol–water partition coefficient (Wildman–Crippen LogP) is 2.12. The van der Waals surface area contributed by atoms with Crippen molar-refractivity contribution in [3.05, 3.63) is 91.6 Å². The Morgan fingerprint density at radius 2 is 1.79 bits per heavy atom. The van der Waals surface area contributed by atoms with Crippen LogP contribution in [0.5, 0.6) is 0 Å². The van der Waals surface area contributed by atoms with E-state index in [4.69, 9.17) is 16.9 Å². The van der Waals surface area contributed by atoms with Crippen molar-refractivity contribution in [3.63, 3.8) is 0 Å². The maximum Gasteiger partial charge on any atom is 0.355 e. The summed E-state index contributed by atoms with van der Waals surface area (Å²) in [5.41, 5.74) is -1.75. The molecule has 5 aromatic rings. The third-order valence-electron chi connectivity index (χ3n) is 5.46. The summed E-state index contributed by atoms with van der Waals surface area (Å²) in [5.74, 6) is -4.08. The Kier molecular flexibility index (Phi) is 6.17. The summed E-state index contributed by atoms with van der Waals surface area (Å²) >= 11 is 6.34. The highest BCUT2D eigenvalue weighted by Gasteiger charge is 2.19. The lowest BCUT2D eigenvalue weighted by Crippen LogP contribution is -2.43. The molecule has 192 valence electrons. The minimum Gasteiger partial charge on any atom is -0.324 e. The van der Waals surface area contributed by atoms with Gasteiger partial charge in [0.05, 0.1) is 35.5 Å². The standard InChI is InChI=1S/C22H14ClF3N10O2/c1-33-10-28-19(32-33)8-36-21(37)30-20(29-18-3-12-6-34(9-27)31-17(12)4-13(18)23)35(22(36)38)7-11-2-15(25)16(26)5-14(11)24/h2-6,10H,7-8H2,1H3,(H,29,30,37). The molecule has 0 amide bonds. The van der Waals surface area contributed by atoms with Gasteiger partial charge in [0, 0.05) is 24.1 Å². The molecule has 2 aromatic carbocycles. The van der Waals surface area contributed by atoms with E-state index in [0.717, 1.165) is 9.25 Å². The van der Waals surface area contributed by atoms with Crippen molar-refractivity contribution in [3.8, 4) is 6.19 Å². The van der Waals surface area contributed by atoms with Crippen LogP contribution in [0, 0.1) is 28.9 Å². The first-order valence-corrected chi connectivity index (χ1v) is 11.1. The fourth-order valence-corrected chi connectivity index (χ4v) is 3.87. The van der Waals surface area contributed by atoms with E-state index in [0.29, 0.717) is 27.6 Å². The predicted molar refractivity (Wildman–Crippen MR) is 127 cm³/mol. The van der Waals surface area contributed by atoms with Crippen LogP contribution in [0.25, 0.3) is 10.9 Å². The molecule has 12 nitrogen and oxygen atoms in total. The first-order chi connectivity index (χ1) is 18.1. The van der Waals surface area contributed by atoms with E-state index in [1.54, 1.807) is 7.05 Å². The molecular formula is C22H14ClF3N10O2. The van der Waals surface area contributed by atoms with Crippen molar-refractivity contribution in [2.45, 2.75) is 13.1 Å². The Morgan fingerprint density at radius 1 is 1.03 bits per heavy atom. The number of aryl methyl sites for hydroxylation is 1. The molecule has 0 spiro atoms. The molecule has 1 N–H and O–H groups in total. The molecule has 0 aliphatic rings. The highest BCUT2D eigenvalue weighted by Crippen LogP contribution is 2.29. The Bertz CT molecular complexity index is 1890. The molecule has 0 fully saturated rings. The molecule has 5 rings (SSSR count). The van der Waals surface area contributed by atoms with Gasteiger partial charge in [0.2, 0.25) is 12.1 Å². The Morgan fingerprint density at radius 3 is 2.50 bits per heavy atom. The van der Waals surface area contributed by atoms with Crippen LogP contribution in [-0.2, 0) is 20.1 Å². The SMILES string of the molecule is Cn1cnc(Cn2c(=O)nc(Nc3cc4cn(C#N)nc4cc3Cl)n(Cc3cc(F)c(F)cc3F)c2=O)n1. The Labute approximate surface area is 214 Å². The second kappa shape index (κ2) is 9.48. The first-order valence-electron chi connectivity index (χ1n) is 10.7. The van der Waals surface area contributed by atoms with E-state index in [9.17, 15) is 22.8 Å². The molecule has 3 heterocycles. The zero-order chi connectivity index (χ0) is 27.1. The van der Waals surface area contributed by atoms with Crippen LogP contribution in [0.2, 0.25) is 5.02 Å². The van der Waals surface area contributed by atoms with E-state index in [1.165, 1.54) is 29.3 Å². The molecule has 0 atom stereocenters. The second-order valence-electron chi connectivity index (χ2n) is 8.05. The summed E-state index contributed by atoms with van der Waals surface area (Å²) in [5, 5.41) is 20.5. The third-order valence-corrected chi connectivity index (χ3v) is 5.77. The maximum atomic E-state index is 14.5. The highest BCUT2D eigenvalue weighted by molar-refractivity contribution is 6.34. The number of halogens is 4. The fourth-order valence-electron chi connectivity index (χ4n) is 3.67. The number of nitrogens with zero attached hydrogens (tertiary/aromatic N) is 9. The van der Waals surface area contributed by atoms with Gasteiger partial charge in [-0.2, -0.15) is 25.1 Å². The van der Waals surface area contributed by atoms with Gasteiger partial charge in [0.1, 0.15) is 12.1 Å². The number of fused-ring (bicyclic) bond motifs is 1. The largest absolute Gasteiger partial charge is 0.355 e. The van der Waals surface area contributed by atoms with Crippen molar-refractivity contribution in [1.29, 1.82) is 5.26 Å². The third kappa shape index (κ3) is 4.60. The minimum atomic E-state index is -1.40. The molecule has 0 saturated heterocycles. The summed E-state index contributed by atoms with van der Waals surface area (Å²) in [7, 11) is 1.59. The van der Waals surface area contributed by atoms with Gasteiger partial charge >= 0.3 is 11.4 Å². The molecule has 0 saturated carbocycles. The second-order valence-corrected chi connectivity index (χ2v) is 8.46. The van der Waals surface area contributed by atoms with Crippen LogP contribution in [0.15, 0.2) is 46.4 Å². The van der Waals surface area contributed by atoms with E-state index in [2.05, 4.69) is 25.5 Å². The first kappa shape index (κ1) is 24.7. The number of anilines is 2. The Balaban J connectivity index is 1.64. The summed E-state index contributed by atoms with van der Waals surface area (Å²) in [6.07, 6.45) is 4.62. The van der Waals surface area contributed by atoms with Crippen LogP contribution in [0.1, 0.15) is 11.4 Å². The number of hydrogen-bond acceptors (Lipinski definition) is 8. The summed E-state index contributed by atoms with van der Waals surface area (Å²) in [6, 6.07) is 3.89. The highest BCUT2D eigenvalue weighted by atomic mass is 35.5. The number of aromatic nitrogens is 8. The average Bonchev–Trinajstić information content (AvgIpc) is 3.47. The van der Waals surface area contributed by atoms with Crippen LogP contribution in [0.4, 0.5) is 24.8 Å². The number of hydrogen-bond donors (Lipinski definition) is 1. The molecule has 3 aromatic heterocycles. The zero-order valence-electron chi connectivity index (χ0n) is 19.2. The molecule has 0 bridgehead atoms. The molecule has 0 aliphatic carbocycles. The maximum absolute atomic E-state index is 14.5. The van der Waals surface area contributed by atoms with Crippen LogP contribution >= 0.6 is 11.6 Å². The van der Waals surface area contributed by atoms with Gasteiger partial charge in [-0.1, -0.05) is 11.6 Å². The number of benzene rings is 2. The van der Waals surface area contributed by atoms with Gasteiger partial charge in [0.15, 0.2) is 17.5 Å². The molecule has 16 heteroatoms. The normalized spacial score (nSPS) is 11.2. The fraction of sp³-hybridized carbons (Fsp3) is 0.136. The quantitative estimate of drug-likeness (QED) is 0.322. The van der Waals surface area contributed by atoms with Gasteiger partial charge < -0.3 is 5.32 Å². The summed E-state index contributed by atoms with van der Waals surface area (Å²) < 4.78 is 45.8. The van der Waals surface area contributed by atoms with E-state index < -0.39 is 35.4 Å². The topological polar surface area (TPSA) is 141 Å². The van der Waals surface area contributed by atoms with Crippen LogP contribution in [0.3, 0.4) is 0 Å². The van der Waals surface area contributed by atoms with Crippen LogP contribution < -0.4 is 16.7 Å². The lowest BCUT2D eigenvalue weighted by atomic mass is 10.2. The molecule has 38 heavy (non-hydrogen) atoms. The summed E-state index contributed by atoms with van der Waals surface area (Å²) in [6.45, 7) is -0.981. The van der Waals surface area contributed by atoms with Gasteiger partial charge in [-0.3, -0.25) is 9.25 Å². The van der Waals surface area contributed by atoms with Crippen molar-refractivity contribution < 1.29 is 13.2 Å². The van der Waals surface area contributed by atoms with Crippen molar-refractivity contribution in [2.75, 3.05) is 5.32 Å². The van der Waals surface area contributed by atoms with Crippen molar-refractivity contribution in [1.82, 2.24) is 38.7 Å². The Hall–Kier alpha value is -4.97. The number of nitriles is 1. The smallest absolute Gasteiger partial charge is 0.324 e. The van der Waals surface area contributed by atoms with E-state index >= 15 is 0 Å². The van der Waals surface area contributed by atoms with Crippen molar-refractivity contribution >= 4 is 34.1 Å². The zero-order valence-corrected chi connectivity index (χ0v) is 20.0. The van der Waals surface area contributed by atoms with Crippen LogP contribution in [-0.4, -0.2) is 38.7 Å². The van der Waals surface area contributed by atoms with Crippen molar-refractivity contribution in [2.24, 2.45) is 7.05 Å². The molecular weight excluding hydrogens is 529 g/mol. The van der Waals surface area contributed by atoms with E-state index in [-0.39, 0.29) is 34.6 Å². The number of nitrogens with one attached hydrogen (secondary N) is 1. The number of rotatable bonds is 6. The summed E-state index contributed by atoms with van der Waals surface area (Å²) in [4.78, 5) is 34.2. The lowest BCUT2D eigenvalue weighted by molar-refractivity contribution is 0.485. The van der Waals surface area contributed by atoms with E-state index in [1.807, 2.05) is 6.19 Å². The van der Waals surface area contributed by atoms with Gasteiger partial charge in [0.25, 0.3) is 0 Å². The molecule has 0 aliphatic heterocycles. The lowest BCUT2D eigenvalue weighted by Gasteiger charge is -2.16. The minimum absolute atomic E-state index is 0.0994. The average molecular weight is 543 g/mol. The molecule has 0 unspecified atom stereocenters. The van der Waals surface area contributed by atoms with Gasteiger partial charge in [-0.15, -0.1) is 0 Å². The monoisotopic (exact) mass is 542 g/mol. The molecule has 0 radical (unpaired) electrons. The van der Waals surface area contributed by atoms with Gasteiger partial charge in [-0.05, 0) is 18.2 Å².